The first-order chi connectivity index (χ1) is 14.4. The highest BCUT2D eigenvalue weighted by atomic mass is 35.5. The zero-order chi connectivity index (χ0) is 21.7. The molecule has 3 aromatic rings. The van der Waals surface area contributed by atoms with Crippen LogP contribution in [0.2, 0.25) is 5.02 Å². The van der Waals surface area contributed by atoms with Crippen molar-refractivity contribution in [3.63, 3.8) is 0 Å². The van der Waals surface area contributed by atoms with Gasteiger partial charge in [0.15, 0.2) is 5.13 Å². The minimum absolute atomic E-state index is 0.123. The highest BCUT2D eigenvalue weighted by Crippen LogP contribution is 2.24. The molecular formula is C21H15ClN4O3S. The minimum Gasteiger partial charge on any atom is -0.297 e. The number of amides is 1. The van der Waals surface area contributed by atoms with Crippen LogP contribution in [0.3, 0.4) is 0 Å². The lowest BCUT2D eigenvalue weighted by molar-refractivity contribution is -0.384. The van der Waals surface area contributed by atoms with Gasteiger partial charge >= 0.3 is 0 Å². The summed E-state index contributed by atoms with van der Waals surface area (Å²) in [4.78, 5) is 27.9. The van der Waals surface area contributed by atoms with E-state index in [-0.39, 0.29) is 11.3 Å². The van der Waals surface area contributed by atoms with Crippen molar-refractivity contribution < 1.29 is 9.72 Å². The van der Waals surface area contributed by atoms with Gasteiger partial charge in [-0.15, -0.1) is 11.3 Å². The second kappa shape index (κ2) is 9.31. The third kappa shape index (κ3) is 5.29. The molecule has 1 amide bonds. The number of anilines is 1. The molecule has 7 nitrogen and oxygen atoms in total. The Morgan fingerprint density at radius 1 is 1.37 bits per heavy atom. The summed E-state index contributed by atoms with van der Waals surface area (Å²) in [5.74, 6) is -0.636. The first kappa shape index (κ1) is 21.2. The molecule has 0 fully saturated rings. The molecule has 1 N–H and O–H groups in total. The summed E-state index contributed by atoms with van der Waals surface area (Å²) in [6, 6.07) is 13.3. The number of hydrogen-bond acceptors (Lipinski definition) is 6. The van der Waals surface area contributed by atoms with E-state index in [0.717, 1.165) is 16.0 Å². The Morgan fingerprint density at radius 2 is 2.17 bits per heavy atom. The lowest BCUT2D eigenvalue weighted by atomic mass is 10.1. The molecule has 2 aromatic carbocycles. The summed E-state index contributed by atoms with van der Waals surface area (Å²) in [5.41, 5.74) is 2.10. The van der Waals surface area contributed by atoms with Crippen molar-refractivity contribution in [3.8, 4) is 6.07 Å². The highest BCUT2D eigenvalue weighted by molar-refractivity contribution is 7.15. The van der Waals surface area contributed by atoms with Gasteiger partial charge in [0.25, 0.3) is 11.6 Å². The zero-order valence-corrected chi connectivity index (χ0v) is 17.3. The number of rotatable bonds is 6. The van der Waals surface area contributed by atoms with Gasteiger partial charge in [-0.2, -0.15) is 5.26 Å². The van der Waals surface area contributed by atoms with E-state index in [4.69, 9.17) is 11.6 Å². The maximum Gasteiger partial charge on any atom is 0.270 e. The van der Waals surface area contributed by atoms with Gasteiger partial charge in [0.05, 0.1) is 4.92 Å². The molecule has 0 bridgehead atoms. The summed E-state index contributed by atoms with van der Waals surface area (Å²) >= 11 is 7.45. The number of nitro groups is 1. The van der Waals surface area contributed by atoms with Crippen molar-refractivity contribution in [1.29, 1.82) is 5.26 Å². The summed E-state index contributed by atoms with van der Waals surface area (Å²) in [7, 11) is 0. The van der Waals surface area contributed by atoms with Gasteiger partial charge < -0.3 is 0 Å². The van der Waals surface area contributed by atoms with E-state index in [9.17, 15) is 20.2 Å². The van der Waals surface area contributed by atoms with E-state index in [0.29, 0.717) is 22.1 Å². The lowest BCUT2D eigenvalue weighted by Crippen LogP contribution is -2.13. The Kier molecular flexibility index (Phi) is 6.57. The topological polar surface area (TPSA) is 109 Å². The zero-order valence-electron chi connectivity index (χ0n) is 15.8. The summed E-state index contributed by atoms with van der Waals surface area (Å²) in [5, 5.41) is 23.8. The Balaban J connectivity index is 1.72. The fourth-order valence-electron chi connectivity index (χ4n) is 2.60. The number of nitriles is 1. The van der Waals surface area contributed by atoms with Crippen molar-refractivity contribution in [3.05, 3.63) is 90.9 Å². The van der Waals surface area contributed by atoms with Crippen LogP contribution in [0.4, 0.5) is 10.8 Å². The number of halogens is 1. The molecule has 1 aromatic heterocycles. The van der Waals surface area contributed by atoms with E-state index in [1.807, 2.05) is 31.2 Å². The Labute approximate surface area is 181 Å². The van der Waals surface area contributed by atoms with Crippen LogP contribution in [0.1, 0.15) is 21.6 Å². The van der Waals surface area contributed by atoms with Crippen molar-refractivity contribution >= 4 is 45.7 Å². The van der Waals surface area contributed by atoms with E-state index in [1.165, 1.54) is 35.6 Å². The number of nitro benzene ring substituents is 1. The van der Waals surface area contributed by atoms with E-state index >= 15 is 0 Å². The molecular weight excluding hydrogens is 424 g/mol. The number of nitrogens with one attached hydrogen (secondary N) is 1. The number of thiazole rings is 1. The minimum atomic E-state index is -0.636. The largest absolute Gasteiger partial charge is 0.297 e. The predicted octanol–water partition coefficient (Wildman–Crippen LogP) is 5.15. The standard InChI is InChI=1S/C21H15ClN4O3S/c1-13-5-6-15(10-19(13)22)9-18-12-24-21(30-18)25-20(27)16(11-23)7-14-3-2-4-17(8-14)26(28)29/h2-8,10,12H,9H2,1H3,(H,24,25,27). The summed E-state index contributed by atoms with van der Waals surface area (Å²) in [6.45, 7) is 1.93. The molecule has 0 radical (unpaired) electrons. The van der Waals surface area contributed by atoms with Gasteiger partial charge in [-0.25, -0.2) is 4.98 Å². The Bertz CT molecular complexity index is 1200. The second-order valence-corrected chi connectivity index (χ2v) is 7.89. The molecule has 1 heterocycles. The number of aromatic nitrogens is 1. The number of non-ortho nitro benzene ring substituents is 1. The number of carbonyl (C=O) groups excluding carboxylic acids is 1. The SMILES string of the molecule is Cc1ccc(Cc2cnc(NC(=O)C(C#N)=Cc3cccc([N+](=O)[O-])c3)s2)cc1Cl. The summed E-state index contributed by atoms with van der Waals surface area (Å²) in [6.07, 6.45) is 3.57. The Hall–Kier alpha value is -3.54. The van der Waals surface area contributed by atoms with Crippen molar-refractivity contribution in [2.75, 3.05) is 5.32 Å². The van der Waals surface area contributed by atoms with E-state index in [1.54, 1.807) is 12.3 Å². The number of nitrogens with zero attached hydrogens (tertiary/aromatic N) is 3. The Morgan fingerprint density at radius 3 is 2.87 bits per heavy atom. The van der Waals surface area contributed by atoms with Crippen LogP contribution < -0.4 is 5.32 Å². The van der Waals surface area contributed by atoms with Gasteiger partial charge in [-0.3, -0.25) is 20.2 Å². The van der Waals surface area contributed by atoms with Crippen molar-refractivity contribution in [2.24, 2.45) is 0 Å². The molecule has 0 saturated carbocycles. The smallest absolute Gasteiger partial charge is 0.270 e. The van der Waals surface area contributed by atoms with Crippen LogP contribution in [0.25, 0.3) is 6.08 Å². The first-order valence-corrected chi connectivity index (χ1v) is 9.92. The van der Waals surface area contributed by atoms with Crippen molar-refractivity contribution in [2.45, 2.75) is 13.3 Å². The van der Waals surface area contributed by atoms with Gasteiger partial charge in [0.2, 0.25) is 0 Å². The third-order valence-electron chi connectivity index (χ3n) is 4.15. The molecule has 30 heavy (non-hydrogen) atoms. The molecule has 9 heteroatoms. The highest BCUT2D eigenvalue weighted by Gasteiger charge is 2.13. The number of carbonyl (C=O) groups is 1. The van der Waals surface area contributed by atoms with Crippen LogP contribution in [0, 0.1) is 28.4 Å². The maximum atomic E-state index is 12.4. The monoisotopic (exact) mass is 438 g/mol. The van der Waals surface area contributed by atoms with Gasteiger partial charge in [0.1, 0.15) is 11.6 Å². The average molecular weight is 439 g/mol. The van der Waals surface area contributed by atoms with Gasteiger partial charge in [-0.05, 0) is 35.8 Å². The fraction of sp³-hybridized carbons (Fsp3) is 0.0952. The molecule has 0 aliphatic carbocycles. The van der Waals surface area contributed by atoms with Crippen LogP contribution >= 0.6 is 22.9 Å². The lowest BCUT2D eigenvalue weighted by Gasteiger charge is -2.02. The van der Waals surface area contributed by atoms with E-state index in [2.05, 4.69) is 10.3 Å². The van der Waals surface area contributed by atoms with Gasteiger partial charge in [0, 0.05) is 34.7 Å². The van der Waals surface area contributed by atoms with Crippen LogP contribution in [0.5, 0.6) is 0 Å². The first-order valence-electron chi connectivity index (χ1n) is 8.73. The average Bonchev–Trinajstić information content (AvgIpc) is 3.15. The molecule has 0 unspecified atom stereocenters. The van der Waals surface area contributed by atoms with E-state index < -0.39 is 10.8 Å². The molecule has 150 valence electrons. The summed E-state index contributed by atoms with van der Waals surface area (Å²) < 4.78 is 0. The van der Waals surface area contributed by atoms with Crippen LogP contribution in [0.15, 0.2) is 54.2 Å². The molecule has 0 spiro atoms. The van der Waals surface area contributed by atoms with Gasteiger partial charge in [-0.1, -0.05) is 35.9 Å². The fourth-order valence-corrected chi connectivity index (χ4v) is 3.65. The normalized spacial score (nSPS) is 11.0. The molecule has 0 atom stereocenters. The molecule has 0 saturated heterocycles. The second-order valence-electron chi connectivity index (χ2n) is 6.37. The number of hydrogen-bond donors (Lipinski definition) is 1. The van der Waals surface area contributed by atoms with Crippen LogP contribution in [-0.2, 0) is 11.2 Å². The quantitative estimate of drug-likeness (QED) is 0.248. The maximum absolute atomic E-state index is 12.4. The van der Waals surface area contributed by atoms with Crippen molar-refractivity contribution in [1.82, 2.24) is 4.98 Å². The molecule has 3 rings (SSSR count). The molecule has 0 aliphatic rings. The number of benzene rings is 2. The predicted molar refractivity (Wildman–Crippen MR) is 116 cm³/mol. The van der Waals surface area contributed by atoms with Crippen LogP contribution in [-0.4, -0.2) is 15.8 Å². The third-order valence-corrected chi connectivity index (χ3v) is 5.47. The molecule has 0 aliphatic heterocycles. The number of aryl methyl sites for hydroxylation is 1.